The Labute approximate surface area is 381 Å². The summed E-state index contributed by atoms with van der Waals surface area (Å²) >= 11 is 0. The van der Waals surface area contributed by atoms with Crippen molar-refractivity contribution in [3.63, 3.8) is 0 Å². The van der Waals surface area contributed by atoms with Crippen molar-refractivity contribution in [3.05, 3.63) is 82.0 Å². The van der Waals surface area contributed by atoms with Crippen LogP contribution in [0.4, 0.5) is 28.9 Å². The number of hydrogen-bond donors (Lipinski definition) is 1. The fourth-order valence-electron chi connectivity index (χ4n) is 11.9. The van der Waals surface area contributed by atoms with Crippen molar-refractivity contribution in [2.75, 3.05) is 75.3 Å². The first kappa shape index (κ1) is 44.3. The number of alkyl halides is 2. The number of halogens is 4. The number of hydrogen-bond acceptors (Lipinski definition) is 10. The Balaban J connectivity index is 0.757. The summed E-state index contributed by atoms with van der Waals surface area (Å²) < 4.78 is 67.0. The van der Waals surface area contributed by atoms with Gasteiger partial charge in [-0.05, 0) is 105 Å². The number of nitrogens with one attached hydrogen (secondary N) is 1. The van der Waals surface area contributed by atoms with Crippen LogP contribution in [0.15, 0.2) is 42.6 Å². The second kappa shape index (κ2) is 17.3. The van der Waals surface area contributed by atoms with Crippen molar-refractivity contribution in [1.82, 2.24) is 29.8 Å². The van der Waals surface area contributed by atoms with Gasteiger partial charge in [0.15, 0.2) is 5.78 Å². The first-order valence-corrected chi connectivity index (χ1v) is 23.3. The van der Waals surface area contributed by atoms with E-state index in [0.29, 0.717) is 94.4 Å². The van der Waals surface area contributed by atoms with Crippen molar-refractivity contribution < 1.29 is 41.5 Å². The molecule has 66 heavy (non-hydrogen) atoms. The molecule has 3 fully saturated rings. The zero-order valence-electron chi connectivity index (χ0n) is 37.6. The van der Waals surface area contributed by atoms with Gasteiger partial charge in [-0.15, -0.1) is 0 Å². The number of aromatic nitrogens is 2. The number of Topliss-reactive ketones (excluding diaryl/α,β-unsaturated/α-hetero) is 2. The minimum absolute atomic E-state index is 0.00968. The van der Waals surface area contributed by atoms with Gasteiger partial charge in [0.25, 0.3) is 12.3 Å². The second-order valence-corrected chi connectivity index (χ2v) is 19.6. The molecule has 4 aromatic rings. The molecule has 6 aliphatic heterocycles. The number of nitrogens with zero attached hydrogens (tertiary/aromatic N) is 7. The lowest BCUT2D eigenvalue weighted by molar-refractivity contribution is -0.135. The maximum Gasteiger partial charge on any atom is 0.255 e. The number of anilines is 2. The van der Waals surface area contributed by atoms with Crippen LogP contribution >= 0.6 is 0 Å². The van der Waals surface area contributed by atoms with E-state index in [1.54, 1.807) is 29.3 Å². The van der Waals surface area contributed by atoms with Crippen LogP contribution in [0.25, 0.3) is 10.9 Å². The Morgan fingerprint density at radius 3 is 2.47 bits per heavy atom. The first-order valence-electron chi connectivity index (χ1n) is 23.3. The van der Waals surface area contributed by atoms with E-state index < -0.39 is 42.7 Å². The largest absolute Gasteiger partial charge is 0.489 e. The van der Waals surface area contributed by atoms with Crippen LogP contribution in [0.5, 0.6) is 5.75 Å². The standard InChI is InChI=1S/C49H56F4N8O5/c1-28-16-36-34(5-6-40-37(36)21-54-55-40)47(60(28)24-44(52)53)46-38(50)18-32(19-39(46)51)58-13-10-49(27-58)8-11-57(12-9-49)45(64)25-56-14-15-59-33(23-56)26-66-43-20-35-31(17-42(43)59)22-61(48(35)65)41(30(3)63)7-4-29(2)62/h5-6,17-21,28,33,41,44,47H,4,7-16,22-27H2,1-3H3,(H,54,55)/t28-,33+,41?,47?/m1/s1. The van der Waals surface area contributed by atoms with Gasteiger partial charge in [-0.25, -0.2) is 17.6 Å². The summed E-state index contributed by atoms with van der Waals surface area (Å²) in [5, 5.41) is 7.90. The lowest BCUT2D eigenvalue weighted by Gasteiger charge is -2.46. The van der Waals surface area contributed by atoms with Crippen molar-refractivity contribution in [1.29, 1.82) is 0 Å². The summed E-state index contributed by atoms with van der Waals surface area (Å²) in [6.45, 7) is 9.51. The molecule has 0 aliphatic carbocycles. The summed E-state index contributed by atoms with van der Waals surface area (Å²) in [7, 11) is 0. The number of piperazine rings is 1. The van der Waals surface area contributed by atoms with Crippen LogP contribution in [0.3, 0.4) is 0 Å². The van der Waals surface area contributed by atoms with Gasteiger partial charge in [0.1, 0.15) is 29.8 Å². The molecule has 0 bridgehead atoms. The number of H-pyrrole nitrogens is 1. The van der Waals surface area contributed by atoms with Crippen molar-refractivity contribution in [2.24, 2.45) is 5.41 Å². The number of benzene rings is 3. The second-order valence-electron chi connectivity index (χ2n) is 19.6. The number of carbonyl (C=O) groups is 4. The molecule has 10 rings (SSSR count). The number of carbonyl (C=O) groups excluding carboxylic acids is 4. The fourth-order valence-corrected chi connectivity index (χ4v) is 11.9. The number of ketones is 2. The minimum atomic E-state index is -2.68. The zero-order chi connectivity index (χ0) is 46.2. The highest BCUT2D eigenvalue weighted by Crippen LogP contribution is 2.46. The highest BCUT2D eigenvalue weighted by molar-refractivity contribution is 6.02. The van der Waals surface area contributed by atoms with E-state index in [1.165, 1.54) is 30.9 Å². The highest BCUT2D eigenvalue weighted by Gasteiger charge is 2.44. The molecule has 7 heterocycles. The van der Waals surface area contributed by atoms with Gasteiger partial charge in [-0.3, -0.25) is 29.3 Å². The Kier molecular flexibility index (Phi) is 11.6. The first-order chi connectivity index (χ1) is 31.7. The van der Waals surface area contributed by atoms with Crippen LogP contribution < -0.4 is 14.5 Å². The molecule has 2 amide bonds. The Hall–Kier alpha value is -5.55. The van der Waals surface area contributed by atoms with Gasteiger partial charge in [-0.1, -0.05) is 6.07 Å². The minimum Gasteiger partial charge on any atom is -0.489 e. The van der Waals surface area contributed by atoms with E-state index in [-0.39, 0.29) is 53.4 Å². The van der Waals surface area contributed by atoms with Crippen molar-refractivity contribution >= 4 is 45.7 Å². The maximum absolute atomic E-state index is 16.4. The molecule has 3 aromatic carbocycles. The molecule has 4 atom stereocenters. The molecule has 0 saturated carbocycles. The monoisotopic (exact) mass is 912 g/mol. The number of ether oxygens (including phenoxy) is 1. The average molecular weight is 913 g/mol. The number of rotatable bonds is 11. The van der Waals surface area contributed by atoms with Gasteiger partial charge in [0.2, 0.25) is 5.91 Å². The molecule has 1 N–H and O–H groups in total. The lowest BCUT2D eigenvalue weighted by Crippen LogP contribution is -2.59. The average Bonchev–Trinajstić information content (AvgIpc) is 4.01. The number of amides is 2. The molecule has 1 spiro atoms. The van der Waals surface area contributed by atoms with E-state index >= 15 is 8.78 Å². The third-order valence-electron chi connectivity index (χ3n) is 15.4. The van der Waals surface area contributed by atoms with E-state index in [2.05, 4.69) is 20.0 Å². The van der Waals surface area contributed by atoms with Gasteiger partial charge in [0, 0.05) is 87.0 Å². The van der Waals surface area contributed by atoms with E-state index in [0.717, 1.165) is 47.0 Å². The Morgan fingerprint density at radius 1 is 0.985 bits per heavy atom. The smallest absolute Gasteiger partial charge is 0.255 e. The summed E-state index contributed by atoms with van der Waals surface area (Å²) in [5.74, 6) is -1.23. The summed E-state index contributed by atoms with van der Waals surface area (Å²) in [6, 6.07) is 7.95. The van der Waals surface area contributed by atoms with Crippen LogP contribution in [0, 0.1) is 17.0 Å². The zero-order valence-corrected chi connectivity index (χ0v) is 37.6. The molecule has 0 radical (unpaired) electrons. The highest BCUT2D eigenvalue weighted by atomic mass is 19.3. The number of likely N-dealkylation sites (tertiary alicyclic amines) is 1. The fraction of sp³-hybridized carbons (Fsp3) is 0.531. The number of aromatic amines is 1. The third-order valence-corrected chi connectivity index (χ3v) is 15.4. The molecule has 13 nitrogen and oxygen atoms in total. The predicted octanol–water partition coefficient (Wildman–Crippen LogP) is 6.13. The molecule has 350 valence electrons. The van der Waals surface area contributed by atoms with Gasteiger partial charge < -0.3 is 29.1 Å². The molecular formula is C49H56F4N8O5. The molecule has 6 aliphatic rings. The molecular weight excluding hydrogens is 857 g/mol. The van der Waals surface area contributed by atoms with Crippen LogP contribution in [-0.4, -0.2) is 143 Å². The maximum atomic E-state index is 16.4. The van der Waals surface area contributed by atoms with Gasteiger partial charge >= 0.3 is 0 Å². The third kappa shape index (κ3) is 7.98. The lowest BCUT2D eigenvalue weighted by atomic mass is 9.77. The van der Waals surface area contributed by atoms with E-state index in [1.807, 2.05) is 22.8 Å². The van der Waals surface area contributed by atoms with E-state index in [4.69, 9.17) is 4.74 Å². The van der Waals surface area contributed by atoms with Crippen molar-refractivity contribution in [3.8, 4) is 5.75 Å². The summed E-state index contributed by atoms with van der Waals surface area (Å²) in [4.78, 5) is 63.0. The topological polar surface area (TPSA) is 126 Å². The quantitative estimate of drug-likeness (QED) is 0.176. The van der Waals surface area contributed by atoms with Crippen molar-refractivity contribution in [2.45, 2.75) is 96.4 Å². The summed E-state index contributed by atoms with van der Waals surface area (Å²) in [6.07, 6.45) is 2.33. The number of piperidine rings is 1. The van der Waals surface area contributed by atoms with Crippen LogP contribution in [-0.2, 0) is 27.3 Å². The van der Waals surface area contributed by atoms with Crippen LogP contribution in [0.1, 0.15) is 91.5 Å². The van der Waals surface area contributed by atoms with Crippen LogP contribution in [0.2, 0.25) is 0 Å². The summed E-state index contributed by atoms with van der Waals surface area (Å²) in [5.41, 5.74) is 4.58. The SMILES string of the molecule is CC(=O)CCC(C(C)=O)N1Cc2cc3c(cc2C1=O)OC[C@@H]1CN(CC(=O)N2CCC4(CC2)CCN(c2cc(F)c(C5c6ccc7[nH]ncc7c6C[C@@H](C)N5CC(F)F)c(F)c2)C4)CCN31. The van der Waals surface area contributed by atoms with Gasteiger partial charge in [-0.2, -0.15) is 5.10 Å². The van der Waals surface area contributed by atoms with Gasteiger partial charge in [0.05, 0.1) is 48.6 Å². The Morgan fingerprint density at radius 2 is 1.74 bits per heavy atom. The predicted molar refractivity (Wildman–Crippen MR) is 239 cm³/mol. The molecule has 3 saturated heterocycles. The number of fused-ring (bicyclic) bond motifs is 7. The molecule has 1 aromatic heterocycles. The molecule has 17 heteroatoms. The Bertz CT molecular complexity index is 2570. The molecule has 2 unspecified atom stereocenters. The normalized spacial score (nSPS) is 23.3. The van der Waals surface area contributed by atoms with E-state index in [9.17, 15) is 28.0 Å².